The Morgan fingerprint density at radius 1 is 1.24 bits per heavy atom. The third kappa shape index (κ3) is 4.21. The summed E-state index contributed by atoms with van der Waals surface area (Å²) in [7, 11) is 0. The van der Waals surface area contributed by atoms with E-state index in [-0.39, 0.29) is 25.0 Å². The Balaban J connectivity index is 1.56. The van der Waals surface area contributed by atoms with E-state index >= 15 is 0 Å². The van der Waals surface area contributed by atoms with Crippen molar-refractivity contribution >= 4 is 40.7 Å². The molecule has 1 aliphatic rings. The zero-order chi connectivity index (χ0) is 17.8. The van der Waals surface area contributed by atoms with Gasteiger partial charge in [0.15, 0.2) is 6.61 Å². The van der Waals surface area contributed by atoms with E-state index < -0.39 is 0 Å². The number of nitrogens with zero attached hydrogens (tertiary/aromatic N) is 3. The van der Waals surface area contributed by atoms with Gasteiger partial charge in [0.2, 0.25) is 5.91 Å². The quantitative estimate of drug-likeness (QED) is 0.818. The van der Waals surface area contributed by atoms with Crippen molar-refractivity contribution in [3.05, 3.63) is 52.8 Å². The lowest BCUT2D eigenvalue weighted by atomic mass is 10.2. The third-order valence-corrected chi connectivity index (χ3v) is 4.31. The van der Waals surface area contributed by atoms with Gasteiger partial charge < -0.3 is 14.5 Å². The first-order valence-corrected chi connectivity index (χ1v) is 8.36. The van der Waals surface area contributed by atoms with E-state index in [1.807, 2.05) is 6.07 Å². The van der Waals surface area contributed by atoms with Crippen LogP contribution in [0.2, 0.25) is 10.0 Å². The van der Waals surface area contributed by atoms with Crippen LogP contribution in [0.1, 0.15) is 0 Å². The van der Waals surface area contributed by atoms with Crippen LogP contribution in [0, 0.1) is 0 Å². The molecular weight excluding hydrogens is 365 g/mol. The van der Waals surface area contributed by atoms with Crippen LogP contribution in [0.25, 0.3) is 0 Å². The van der Waals surface area contributed by atoms with Crippen molar-refractivity contribution in [2.24, 2.45) is 0 Å². The van der Waals surface area contributed by atoms with Crippen LogP contribution in [0.5, 0.6) is 5.75 Å². The second kappa shape index (κ2) is 7.72. The average Bonchev–Trinajstić information content (AvgIpc) is 2.61. The smallest absolute Gasteiger partial charge is 0.261 e. The van der Waals surface area contributed by atoms with Crippen LogP contribution in [-0.2, 0) is 9.59 Å². The molecule has 0 unspecified atom stereocenters. The highest BCUT2D eigenvalue weighted by atomic mass is 35.5. The number of rotatable bonds is 4. The summed E-state index contributed by atoms with van der Waals surface area (Å²) in [5.74, 6) is -0.0536. The van der Waals surface area contributed by atoms with Gasteiger partial charge in [0.25, 0.3) is 5.91 Å². The molecular formula is C17H15Cl2N3O3. The molecule has 8 heteroatoms. The number of hydrogen-bond acceptors (Lipinski definition) is 4. The van der Waals surface area contributed by atoms with Crippen molar-refractivity contribution in [2.45, 2.75) is 0 Å². The predicted molar refractivity (Wildman–Crippen MR) is 95.1 cm³/mol. The van der Waals surface area contributed by atoms with Crippen molar-refractivity contribution in [2.75, 3.05) is 31.1 Å². The number of carbonyl (C=O) groups excluding carboxylic acids is 2. The molecule has 0 bridgehead atoms. The van der Waals surface area contributed by atoms with Gasteiger partial charge in [0.05, 0.1) is 16.9 Å². The summed E-state index contributed by atoms with van der Waals surface area (Å²) in [5.41, 5.74) is 0.726. The van der Waals surface area contributed by atoms with E-state index in [9.17, 15) is 9.59 Å². The fraction of sp³-hybridized carbons (Fsp3) is 0.235. The Morgan fingerprint density at radius 2 is 2.08 bits per heavy atom. The van der Waals surface area contributed by atoms with Crippen molar-refractivity contribution in [1.29, 1.82) is 0 Å². The molecule has 0 saturated carbocycles. The van der Waals surface area contributed by atoms with Gasteiger partial charge in [0.1, 0.15) is 12.3 Å². The van der Waals surface area contributed by atoms with Crippen molar-refractivity contribution < 1.29 is 14.3 Å². The monoisotopic (exact) mass is 379 g/mol. The van der Waals surface area contributed by atoms with Crippen LogP contribution in [0.15, 0.2) is 42.7 Å². The number of halogens is 2. The highest BCUT2D eigenvalue weighted by Crippen LogP contribution is 2.27. The summed E-state index contributed by atoms with van der Waals surface area (Å²) < 4.78 is 5.44. The van der Waals surface area contributed by atoms with Gasteiger partial charge in [-0.15, -0.1) is 0 Å². The molecule has 25 heavy (non-hydrogen) atoms. The molecule has 0 aliphatic carbocycles. The number of anilines is 1. The maximum absolute atomic E-state index is 12.3. The van der Waals surface area contributed by atoms with Crippen LogP contribution < -0.4 is 9.64 Å². The van der Waals surface area contributed by atoms with E-state index in [1.165, 1.54) is 4.90 Å². The number of aromatic nitrogens is 1. The van der Waals surface area contributed by atoms with E-state index in [0.29, 0.717) is 28.9 Å². The van der Waals surface area contributed by atoms with Crippen LogP contribution in [0.4, 0.5) is 5.69 Å². The Morgan fingerprint density at radius 3 is 2.76 bits per heavy atom. The number of amides is 2. The van der Waals surface area contributed by atoms with Crippen molar-refractivity contribution in [3.63, 3.8) is 0 Å². The fourth-order valence-corrected chi connectivity index (χ4v) is 2.96. The van der Waals surface area contributed by atoms with Gasteiger partial charge in [0, 0.05) is 24.3 Å². The summed E-state index contributed by atoms with van der Waals surface area (Å²) in [4.78, 5) is 31.7. The largest absolute Gasteiger partial charge is 0.482 e. The van der Waals surface area contributed by atoms with Crippen LogP contribution >= 0.6 is 23.2 Å². The summed E-state index contributed by atoms with van der Waals surface area (Å²) in [6, 6.07) is 8.35. The molecule has 0 atom stereocenters. The molecule has 1 saturated heterocycles. The fourth-order valence-electron chi connectivity index (χ4n) is 2.50. The van der Waals surface area contributed by atoms with Gasteiger partial charge >= 0.3 is 0 Å². The molecule has 0 radical (unpaired) electrons. The van der Waals surface area contributed by atoms with E-state index in [2.05, 4.69) is 4.98 Å². The number of pyridine rings is 1. The minimum Gasteiger partial charge on any atom is -0.482 e. The zero-order valence-electron chi connectivity index (χ0n) is 13.2. The summed E-state index contributed by atoms with van der Waals surface area (Å²) in [6.07, 6.45) is 3.27. The first kappa shape index (κ1) is 17.5. The van der Waals surface area contributed by atoms with Gasteiger partial charge in [-0.05, 0) is 30.3 Å². The molecule has 1 fully saturated rings. The molecule has 1 aromatic heterocycles. The number of piperazine rings is 1. The van der Waals surface area contributed by atoms with Gasteiger partial charge in [-0.1, -0.05) is 23.2 Å². The first-order chi connectivity index (χ1) is 12.0. The predicted octanol–water partition coefficient (Wildman–Crippen LogP) is 2.64. The minimum absolute atomic E-state index is 0.00539. The molecule has 0 spiro atoms. The summed E-state index contributed by atoms with van der Waals surface area (Å²) in [5, 5.41) is 0.818. The SMILES string of the molecule is O=C(COc1ccc(Cl)cc1Cl)N1CCN(c2cccnc2)C(=O)C1. The summed E-state index contributed by atoms with van der Waals surface area (Å²) in [6.45, 7) is 0.655. The Bertz CT molecular complexity index is 786. The van der Waals surface area contributed by atoms with Gasteiger partial charge in [-0.2, -0.15) is 0 Å². The second-order valence-corrected chi connectivity index (χ2v) is 6.28. The molecule has 130 valence electrons. The molecule has 1 aliphatic heterocycles. The first-order valence-electron chi connectivity index (χ1n) is 7.60. The minimum atomic E-state index is -0.273. The second-order valence-electron chi connectivity index (χ2n) is 5.44. The summed E-state index contributed by atoms with van der Waals surface area (Å²) >= 11 is 11.8. The lowest BCUT2D eigenvalue weighted by Crippen LogP contribution is -2.53. The van der Waals surface area contributed by atoms with E-state index in [1.54, 1.807) is 41.6 Å². The molecule has 3 rings (SSSR count). The van der Waals surface area contributed by atoms with Gasteiger partial charge in [-0.3, -0.25) is 14.6 Å². The molecule has 1 aromatic carbocycles. The van der Waals surface area contributed by atoms with E-state index in [0.717, 1.165) is 5.69 Å². The number of hydrogen-bond donors (Lipinski definition) is 0. The number of carbonyl (C=O) groups is 2. The Labute approximate surface area is 154 Å². The number of benzene rings is 1. The molecule has 2 amide bonds. The molecule has 2 aromatic rings. The van der Waals surface area contributed by atoms with E-state index in [4.69, 9.17) is 27.9 Å². The standard InChI is InChI=1S/C17H15Cl2N3O3/c18-12-3-4-15(14(19)8-12)25-11-17(24)21-6-7-22(16(23)10-21)13-2-1-5-20-9-13/h1-5,8-9H,6-7,10-11H2. The number of ether oxygens (including phenoxy) is 1. The highest BCUT2D eigenvalue weighted by molar-refractivity contribution is 6.35. The lowest BCUT2D eigenvalue weighted by Gasteiger charge is -2.34. The average molecular weight is 380 g/mol. The van der Waals surface area contributed by atoms with Crippen LogP contribution in [-0.4, -0.2) is 47.9 Å². The lowest BCUT2D eigenvalue weighted by molar-refractivity contribution is -0.138. The van der Waals surface area contributed by atoms with Crippen molar-refractivity contribution in [1.82, 2.24) is 9.88 Å². The molecule has 0 N–H and O–H groups in total. The zero-order valence-corrected chi connectivity index (χ0v) is 14.7. The van der Waals surface area contributed by atoms with Gasteiger partial charge in [-0.25, -0.2) is 0 Å². The third-order valence-electron chi connectivity index (χ3n) is 3.78. The Kier molecular flexibility index (Phi) is 5.40. The molecule has 2 heterocycles. The Hall–Kier alpha value is -2.31. The maximum Gasteiger partial charge on any atom is 0.261 e. The normalized spacial score (nSPS) is 14.6. The van der Waals surface area contributed by atoms with Crippen LogP contribution in [0.3, 0.4) is 0 Å². The molecule has 6 nitrogen and oxygen atoms in total. The topological polar surface area (TPSA) is 62.7 Å². The maximum atomic E-state index is 12.3. The highest BCUT2D eigenvalue weighted by Gasteiger charge is 2.28. The van der Waals surface area contributed by atoms with Crippen molar-refractivity contribution in [3.8, 4) is 5.75 Å².